The first-order valence-corrected chi connectivity index (χ1v) is 9.18. The monoisotopic (exact) mass is 373 g/mol. The van der Waals surface area contributed by atoms with E-state index in [0.29, 0.717) is 17.7 Å². The van der Waals surface area contributed by atoms with E-state index in [1.807, 2.05) is 62.4 Å². The third kappa shape index (κ3) is 5.27. The van der Waals surface area contributed by atoms with Crippen molar-refractivity contribution < 1.29 is 9.59 Å². The molecule has 1 aromatic heterocycles. The number of anilines is 1. The number of pyridine rings is 1. The number of hydrogen-bond acceptors (Lipinski definition) is 3. The Kier molecular flexibility index (Phi) is 6.17. The van der Waals surface area contributed by atoms with Gasteiger partial charge in [-0.05, 0) is 55.2 Å². The molecule has 5 heteroatoms. The molecule has 3 aromatic rings. The van der Waals surface area contributed by atoms with Gasteiger partial charge in [0.25, 0.3) is 11.8 Å². The van der Waals surface area contributed by atoms with Crippen molar-refractivity contribution >= 4 is 17.5 Å². The second-order valence-corrected chi connectivity index (χ2v) is 6.78. The van der Waals surface area contributed by atoms with Crippen molar-refractivity contribution in [3.8, 4) is 0 Å². The van der Waals surface area contributed by atoms with Gasteiger partial charge >= 0.3 is 0 Å². The van der Waals surface area contributed by atoms with Gasteiger partial charge in [-0.3, -0.25) is 14.6 Å². The zero-order chi connectivity index (χ0) is 19.9. The molecular formula is C23H23N3O2. The molecule has 2 N–H and O–H groups in total. The highest BCUT2D eigenvalue weighted by Gasteiger charge is 2.12. The number of aromatic nitrogens is 1. The number of nitrogens with zero attached hydrogens (tertiary/aromatic N) is 1. The molecule has 0 saturated carbocycles. The molecule has 142 valence electrons. The summed E-state index contributed by atoms with van der Waals surface area (Å²) in [6.45, 7) is 4.47. The number of amides is 2. The van der Waals surface area contributed by atoms with Crippen LogP contribution in [0, 0.1) is 13.8 Å². The van der Waals surface area contributed by atoms with Gasteiger partial charge in [-0.1, -0.05) is 36.4 Å². The fraction of sp³-hybridized carbons (Fsp3) is 0.174. The van der Waals surface area contributed by atoms with Crippen LogP contribution in [0.3, 0.4) is 0 Å². The molecule has 0 aliphatic carbocycles. The van der Waals surface area contributed by atoms with Crippen LogP contribution < -0.4 is 10.6 Å². The number of carbonyl (C=O) groups excluding carboxylic acids is 2. The third-order valence-corrected chi connectivity index (χ3v) is 4.28. The molecule has 0 spiro atoms. The SMILES string of the molecule is Cc1cc(C)cc(NC(=O)c2cncc(C(=O)NCCc3ccccc3)c2)c1. The van der Waals surface area contributed by atoms with E-state index < -0.39 is 0 Å². The third-order valence-electron chi connectivity index (χ3n) is 4.28. The first-order valence-electron chi connectivity index (χ1n) is 9.18. The van der Waals surface area contributed by atoms with Crippen LogP contribution in [-0.2, 0) is 6.42 Å². The van der Waals surface area contributed by atoms with Crippen molar-refractivity contribution in [2.45, 2.75) is 20.3 Å². The average molecular weight is 373 g/mol. The minimum Gasteiger partial charge on any atom is -0.352 e. The highest BCUT2D eigenvalue weighted by Crippen LogP contribution is 2.15. The van der Waals surface area contributed by atoms with Gasteiger partial charge in [-0.2, -0.15) is 0 Å². The normalized spacial score (nSPS) is 10.4. The number of aryl methyl sites for hydroxylation is 2. The van der Waals surface area contributed by atoms with Crippen LogP contribution in [0.15, 0.2) is 67.0 Å². The molecule has 0 saturated heterocycles. The molecule has 2 aromatic carbocycles. The van der Waals surface area contributed by atoms with Gasteiger partial charge in [0.1, 0.15) is 0 Å². The van der Waals surface area contributed by atoms with Crippen molar-refractivity contribution in [2.24, 2.45) is 0 Å². The first-order chi connectivity index (χ1) is 13.5. The van der Waals surface area contributed by atoms with E-state index in [-0.39, 0.29) is 11.8 Å². The van der Waals surface area contributed by atoms with Gasteiger partial charge in [0, 0.05) is 24.6 Å². The topological polar surface area (TPSA) is 71.1 Å². The molecule has 1 heterocycles. The number of hydrogen-bond donors (Lipinski definition) is 2. The van der Waals surface area contributed by atoms with E-state index in [4.69, 9.17) is 0 Å². The molecular weight excluding hydrogens is 350 g/mol. The van der Waals surface area contributed by atoms with Crippen LogP contribution in [0.4, 0.5) is 5.69 Å². The van der Waals surface area contributed by atoms with Crippen molar-refractivity contribution in [2.75, 3.05) is 11.9 Å². The molecule has 2 amide bonds. The maximum Gasteiger partial charge on any atom is 0.257 e. The summed E-state index contributed by atoms with van der Waals surface area (Å²) in [5.74, 6) is -0.541. The number of carbonyl (C=O) groups is 2. The van der Waals surface area contributed by atoms with E-state index in [1.165, 1.54) is 12.4 Å². The number of benzene rings is 2. The molecule has 0 fully saturated rings. The summed E-state index contributed by atoms with van der Waals surface area (Å²) in [4.78, 5) is 29.0. The smallest absolute Gasteiger partial charge is 0.257 e. The van der Waals surface area contributed by atoms with Gasteiger partial charge in [-0.15, -0.1) is 0 Å². The zero-order valence-corrected chi connectivity index (χ0v) is 16.0. The Hall–Kier alpha value is -3.47. The van der Waals surface area contributed by atoms with E-state index >= 15 is 0 Å². The predicted octanol–water partition coefficient (Wildman–Crippen LogP) is 3.92. The molecule has 0 aliphatic heterocycles. The summed E-state index contributed by atoms with van der Waals surface area (Å²) in [5, 5.41) is 5.73. The van der Waals surface area contributed by atoms with E-state index in [1.54, 1.807) is 6.07 Å². The van der Waals surface area contributed by atoms with Crippen molar-refractivity contribution in [1.82, 2.24) is 10.3 Å². The Morgan fingerprint density at radius 1 is 0.857 bits per heavy atom. The van der Waals surface area contributed by atoms with Gasteiger partial charge in [0.05, 0.1) is 11.1 Å². The van der Waals surface area contributed by atoms with Gasteiger partial charge in [0.15, 0.2) is 0 Å². The van der Waals surface area contributed by atoms with E-state index in [9.17, 15) is 9.59 Å². The number of rotatable bonds is 6. The maximum absolute atomic E-state index is 12.5. The Bertz CT molecular complexity index is 964. The lowest BCUT2D eigenvalue weighted by Gasteiger charge is -2.09. The molecule has 0 radical (unpaired) electrons. The standard InChI is InChI=1S/C23H23N3O2/c1-16-10-17(2)12-21(11-16)26-23(28)20-13-19(14-24-15-20)22(27)25-9-8-18-6-4-3-5-7-18/h3-7,10-15H,8-9H2,1-2H3,(H,25,27)(H,26,28). The maximum atomic E-state index is 12.5. The molecule has 0 aliphatic rings. The minimum atomic E-state index is -0.295. The molecule has 5 nitrogen and oxygen atoms in total. The van der Waals surface area contributed by atoms with Crippen molar-refractivity contribution in [3.63, 3.8) is 0 Å². The molecule has 0 unspecified atom stereocenters. The Labute approximate surface area is 164 Å². The van der Waals surface area contributed by atoms with E-state index in [2.05, 4.69) is 15.6 Å². The quantitative estimate of drug-likeness (QED) is 0.688. The van der Waals surface area contributed by atoms with Crippen molar-refractivity contribution in [3.05, 3.63) is 94.8 Å². The lowest BCUT2D eigenvalue weighted by atomic mass is 10.1. The van der Waals surface area contributed by atoms with Crippen LogP contribution in [-0.4, -0.2) is 23.3 Å². The second kappa shape index (κ2) is 8.95. The van der Waals surface area contributed by atoms with Crippen LogP contribution in [0.25, 0.3) is 0 Å². The molecule has 0 bridgehead atoms. The van der Waals surface area contributed by atoms with Crippen molar-refractivity contribution in [1.29, 1.82) is 0 Å². The van der Waals surface area contributed by atoms with Crippen LogP contribution in [0.1, 0.15) is 37.4 Å². The van der Waals surface area contributed by atoms with Gasteiger partial charge in [-0.25, -0.2) is 0 Å². The number of nitrogens with one attached hydrogen (secondary N) is 2. The van der Waals surface area contributed by atoms with Crippen LogP contribution in [0.5, 0.6) is 0 Å². The largest absolute Gasteiger partial charge is 0.352 e. The fourth-order valence-electron chi connectivity index (χ4n) is 3.01. The first kappa shape index (κ1) is 19.3. The zero-order valence-electron chi connectivity index (χ0n) is 16.0. The second-order valence-electron chi connectivity index (χ2n) is 6.78. The predicted molar refractivity (Wildman–Crippen MR) is 111 cm³/mol. The average Bonchev–Trinajstić information content (AvgIpc) is 2.68. The lowest BCUT2D eigenvalue weighted by molar-refractivity contribution is 0.0953. The Morgan fingerprint density at radius 2 is 1.50 bits per heavy atom. The molecule has 28 heavy (non-hydrogen) atoms. The molecule has 3 rings (SSSR count). The van der Waals surface area contributed by atoms with Crippen LogP contribution >= 0.6 is 0 Å². The van der Waals surface area contributed by atoms with Crippen LogP contribution in [0.2, 0.25) is 0 Å². The van der Waals surface area contributed by atoms with E-state index in [0.717, 1.165) is 28.8 Å². The summed E-state index contributed by atoms with van der Waals surface area (Å²) in [7, 11) is 0. The highest BCUT2D eigenvalue weighted by atomic mass is 16.2. The summed E-state index contributed by atoms with van der Waals surface area (Å²) in [6.07, 6.45) is 3.66. The summed E-state index contributed by atoms with van der Waals surface area (Å²) < 4.78 is 0. The minimum absolute atomic E-state index is 0.246. The lowest BCUT2D eigenvalue weighted by Crippen LogP contribution is -2.26. The highest BCUT2D eigenvalue weighted by molar-refractivity contribution is 6.05. The summed E-state index contributed by atoms with van der Waals surface area (Å²) >= 11 is 0. The Balaban J connectivity index is 1.62. The molecule has 0 atom stereocenters. The van der Waals surface area contributed by atoms with Gasteiger partial charge < -0.3 is 10.6 Å². The van der Waals surface area contributed by atoms with Gasteiger partial charge in [0.2, 0.25) is 0 Å². The summed E-state index contributed by atoms with van der Waals surface area (Å²) in [6, 6.07) is 17.3. The summed E-state index contributed by atoms with van der Waals surface area (Å²) in [5.41, 5.74) is 4.72. The fourth-order valence-corrected chi connectivity index (χ4v) is 3.01. The Morgan fingerprint density at radius 3 is 2.18 bits per heavy atom.